The van der Waals surface area contributed by atoms with E-state index < -0.39 is 0 Å². The Labute approximate surface area is 220 Å². The third-order valence-electron chi connectivity index (χ3n) is 7.50. The van der Waals surface area contributed by atoms with E-state index in [9.17, 15) is 10.1 Å². The molecule has 7 heteroatoms. The number of pyridine rings is 1. The second-order valence-corrected chi connectivity index (χ2v) is 9.72. The van der Waals surface area contributed by atoms with E-state index in [2.05, 4.69) is 28.5 Å². The quantitative estimate of drug-likeness (QED) is 0.384. The molecule has 4 aromatic rings. The summed E-state index contributed by atoms with van der Waals surface area (Å²) >= 11 is 0. The molecule has 7 nitrogen and oxygen atoms in total. The van der Waals surface area contributed by atoms with Gasteiger partial charge < -0.3 is 20.5 Å². The number of hydrogen-bond acceptors (Lipinski definition) is 6. The zero-order valence-electron chi connectivity index (χ0n) is 21.3. The first-order valence-corrected chi connectivity index (χ1v) is 12.4. The number of rotatable bonds is 5. The lowest BCUT2D eigenvalue weighted by molar-refractivity contribution is 0.0857. The van der Waals surface area contributed by atoms with Crippen molar-refractivity contribution in [1.29, 1.82) is 5.26 Å². The number of carbonyl (C=O) groups excluding carboxylic acids is 1. The number of hydrogen-bond donors (Lipinski definition) is 2. The highest BCUT2D eigenvalue weighted by Gasteiger charge is 2.43. The van der Waals surface area contributed by atoms with Crippen LogP contribution in [0.25, 0.3) is 11.1 Å². The predicted octanol–water partition coefficient (Wildman–Crippen LogP) is 5.28. The summed E-state index contributed by atoms with van der Waals surface area (Å²) in [5.41, 5.74) is 15.9. The number of nitriles is 1. The molecule has 0 spiro atoms. The Morgan fingerprint density at radius 1 is 1.03 bits per heavy atom. The van der Waals surface area contributed by atoms with Crippen LogP contribution >= 0.6 is 0 Å². The summed E-state index contributed by atoms with van der Waals surface area (Å²) in [4.78, 5) is 17.3. The van der Waals surface area contributed by atoms with Gasteiger partial charge in [0, 0.05) is 17.8 Å². The average Bonchev–Trinajstić information content (AvgIpc) is 3.48. The van der Waals surface area contributed by atoms with Gasteiger partial charge in [0.2, 0.25) is 0 Å². The summed E-state index contributed by atoms with van der Waals surface area (Å²) in [6.07, 6.45) is -0.416. The Bertz CT molecular complexity index is 1650. The number of benzene rings is 3. The Morgan fingerprint density at radius 2 is 1.76 bits per heavy atom. The van der Waals surface area contributed by atoms with E-state index >= 15 is 0 Å². The van der Waals surface area contributed by atoms with Gasteiger partial charge in [0.15, 0.2) is 0 Å². The number of aromatic nitrogens is 1. The Hall–Kier alpha value is -4.67. The number of nitrogens with one attached hydrogen (secondary N) is 1. The van der Waals surface area contributed by atoms with E-state index in [4.69, 9.17) is 15.2 Å². The van der Waals surface area contributed by atoms with Gasteiger partial charge in [-0.05, 0) is 101 Å². The first kappa shape index (κ1) is 23.7. The number of anilines is 1. The first-order valence-electron chi connectivity index (χ1n) is 12.4. The summed E-state index contributed by atoms with van der Waals surface area (Å²) < 4.78 is 11.6. The maximum Gasteiger partial charge on any atom is 0.251 e. The number of aryl methyl sites for hydroxylation is 2. The molecule has 3 aromatic carbocycles. The predicted molar refractivity (Wildman–Crippen MR) is 144 cm³/mol. The number of amides is 1. The minimum Gasteiger partial charge on any atom is -0.497 e. The van der Waals surface area contributed by atoms with Crippen LogP contribution < -0.4 is 15.8 Å². The van der Waals surface area contributed by atoms with E-state index in [0.717, 1.165) is 50.2 Å². The van der Waals surface area contributed by atoms with Crippen molar-refractivity contribution in [2.45, 2.75) is 32.6 Å². The first-order chi connectivity index (χ1) is 18.4. The lowest BCUT2D eigenvalue weighted by Crippen LogP contribution is -2.24. The molecule has 0 saturated carbocycles. The molecule has 2 aliphatic heterocycles. The van der Waals surface area contributed by atoms with Gasteiger partial charge in [0.05, 0.1) is 18.7 Å². The molecule has 3 heterocycles. The molecule has 2 unspecified atom stereocenters. The van der Waals surface area contributed by atoms with Crippen molar-refractivity contribution >= 4 is 11.7 Å². The Kier molecular flexibility index (Phi) is 5.63. The molecule has 2 atom stereocenters. The molecule has 38 heavy (non-hydrogen) atoms. The van der Waals surface area contributed by atoms with Gasteiger partial charge in [-0.1, -0.05) is 18.2 Å². The van der Waals surface area contributed by atoms with Gasteiger partial charge in [-0.2, -0.15) is 5.26 Å². The van der Waals surface area contributed by atoms with Crippen LogP contribution in [0.1, 0.15) is 67.2 Å². The van der Waals surface area contributed by atoms with Crippen LogP contribution in [0.2, 0.25) is 0 Å². The van der Waals surface area contributed by atoms with E-state index in [-0.39, 0.29) is 18.1 Å². The molecule has 0 fully saturated rings. The van der Waals surface area contributed by atoms with E-state index in [1.165, 1.54) is 0 Å². The summed E-state index contributed by atoms with van der Waals surface area (Å²) in [5.74, 6) is 0.981. The largest absolute Gasteiger partial charge is 0.497 e. The summed E-state index contributed by atoms with van der Waals surface area (Å²) in [7, 11) is 1.59. The summed E-state index contributed by atoms with van der Waals surface area (Å²) in [5, 5.41) is 12.7. The summed E-state index contributed by atoms with van der Waals surface area (Å²) in [6.45, 7) is 4.24. The van der Waals surface area contributed by atoms with E-state index in [1.807, 2.05) is 56.3 Å². The van der Waals surface area contributed by atoms with Gasteiger partial charge in [-0.15, -0.1) is 0 Å². The molecule has 0 saturated heterocycles. The minimum absolute atomic E-state index is 0.148. The topological polar surface area (TPSA) is 110 Å². The monoisotopic (exact) mass is 502 g/mol. The van der Waals surface area contributed by atoms with Crippen LogP contribution in [0.3, 0.4) is 0 Å². The van der Waals surface area contributed by atoms with Crippen LogP contribution in [0.4, 0.5) is 5.82 Å². The second kappa shape index (κ2) is 9.02. The number of ether oxygens (including phenoxy) is 2. The van der Waals surface area contributed by atoms with E-state index in [1.54, 1.807) is 13.2 Å². The molecule has 1 aromatic heterocycles. The molecule has 0 aliphatic carbocycles. The Morgan fingerprint density at radius 3 is 2.47 bits per heavy atom. The molecular formula is C31H26N4O3. The maximum atomic E-state index is 13.0. The minimum atomic E-state index is -0.219. The fraction of sp³-hybridized carbons (Fsp3) is 0.194. The lowest BCUT2D eigenvalue weighted by Gasteiger charge is -2.18. The van der Waals surface area contributed by atoms with Gasteiger partial charge >= 0.3 is 0 Å². The molecule has 188 valence electrons. The highest BCUT2D eigenvalue weighted by molar-refractivity contribution is 5.94. The number of nitrogen functional groups attached to an aromatic ring is 1. The number of methoxy groups -OCH3 is 1. The number of fused-ring (bicyclic) bond motifs is 8. The van der Waals surface area contributed by atoms with E-state index in [0.29, 0.717) is 29.2 Å². The number of carbonyl (C=O) groups is 1. The fourth-order valence-corrected chi connectivity index (χ4v) is 5.57. The zero-order chi connectivity index (χ0) is 26.6. The SMILES string of the molecule is COc1ccc(-c2ccc3c(c2)C2OC3c3cc(C(=O)NCc4c(C)cc(N)nc4C)ccc32)c(C#N)c1. The van der Waals surface area contributed by atoms with Crippen molar-refractivity contribution in [1.82, 2.24) is 10.3 Å². The normalized spacial score (nSPS) is 16.5. The average molecular weight is 503 g/mol. The van der Waals surface area contributed by atoms with Gasteiger partial charge in [-0.25, -0.2) is 4.98 Å². The highest BCUT2D eigenvalue weighted by atomic mass is 16.5. The van der Waals surface area contributed by atoms with Crippen molar-refractivity contribution in [3.63, 3.8) is 0 Å². The zero-order valence-corrected chi connectivity index (χ0v) is 21.3. The van der Waals surface area contributed by atoms with Crippen LogP contribution in [-0.2, 0) is 11.3 Å². The van der Waals surface area contributed by atoms with Crippen molar-refractivity contribution in [2.75, 3.05) is 12.8 Å². The molecule has 2 bridgehead atoms. The van der Waals surface area contributed by atoms with Crippen LogP contribution in [0.5, 0.6) is 5.75 Å². The third-order valence-corrected chi connectivity index (χ3v) is 7.50. The number of nitrogens with two attached hydrogens (primary N) is 1. The van der Waals surface area contributed by atoms with Gasteiger partial charge in [0.25, 0.3) is 5.91 Å². The molecule has 0 radical (unpaired) electrons. The smallest absolute Gasteiger partial charge is 0.251 e. The third kappa shape index (κ3) is 3.78. The van der Waals surface area contributed by atoms with Crippen molar-refractivity contribution in [3.8, 4) is 22.9 Å². The van der Waals surface area contributed by atoms with Crippen LogP contribution in [-0.4, -0.2) is 18.0 Å². The summed E-state index contributed by atoms with van der Waals surface area (Å²) in [6, 6.07) is 21.6. The second-order valence-electron chi connectivity index (χ2n) is 9.72. The number of nitrogens with zero attached hydrogens (tertiary/aromatic N) is 2. The van der Waals surface area contributed by atoms with Crippen LogP contribution in [0.15, 0.2) is 60.7 Å². The van der Waals surface area contributed by atoms with Gasteiger partial charge in [0.1, 0.15) is 23.8 Å². The highest BCUT2D eigenvalue weighted by Crippen LogP contribution is 2.55. The Balaban J connectivity index is 1.25. The van der Waals surface area contributed by atoms with Gasteiger partial charge in [-0.3, -0.25) is 4.79 Å². The standard InChI is InChI=1S/C31H26N4O3/c1-16-10-28(33)35-17(2)27(16)15-34-31(36)19-5-8-24-26(13-19)30-23-7-4-18(12-25(23)29(24)38-30)22-9-6-21(37-3)11-20(22)14-32/h4-13,29-30H,15H2,1-3H3,(H2,33,35)(H,34,36). The fourth-order valence-electron chi connectivity index (χ4n) is 5.57. The van der Waals surface area contributed by atoms with Crippen molar-refractivity contribution in [3.05, 3.63) is 111 Å². The molecule has 3 N–H and O–H groups in total. The van der Waals surface area contributed by atoms with Crippen LogP contribution in [0, 0.1) is 25.2 Å². The molecule has 2 aliphatic rings. The molecule has 6 rings (SSSR count). The maximum absolute atomic E-state index is 13.0. The molecular weight excluding hydrogens is 476 g/mol. The lowest BCUT2D eigenvalue weighted by atomic mass is 9.83. The van der Waals surface area contributed by atoms with Crippen molar-refractivity contribution < 1.29 is 14.3 Å². The van der Waals surface area contributed by atoms with Crippen molar-refractivity contribution in [2.24, 2.45) is 0 Å². The molecule has 1 amide bonds.